The Morgan fingerprint density at radius 1 is 1.32 bits per heavy atom. The van der Waals surface area contributed by atoms with Gasteiger partial charge in [-0.1, -0.05) is 30.3 Å². The molecule has 0 saturated carbocycles. The summed E-state index contributed by atoms with van der Waals surface area (Å²) in [7, 11) is -1.48. The molecule has 7 nitrogen and oxygen atoms in total. The lowest BCUT2D eigenvalue weighted by atomic mass is 9.79. The van der Waals surface area contributed by atoms with Gasteiger partial charge in [-0.3, -0.25) is 9.79 Å². The van der Waals surface area contributed by atoms with Gasteiger partial charge in [0.15, 0.2) is 15.8 Å². The highest BCUT2D eigenvalue weighted by molar-refractivity contribution is 14.0. The minimum atomic E-state index is -3.19. The van der Waals surface area contributed by atoms with Crippen LogP contribution < -0.4 is 10.6 Å². The predicted octanol–water partition coefficient (Wildman–Crippen LogP) is 1.40. The summed E-state index contributed by atoms with van der Waals surface area (Å²) >= 11 is 0. The molecule has 9 heteroatoms. The number of halogens is 1. The third-order valence-corrected chi connectivity index (χ3v) is 6.89. The Kier molecular flexibility index (Phi) is 8.11. The van der Waals surface area contributed by atoms with Gasteiger partial charge >= 0.3 is 0 Å². The normalized spacial score (nSPS) is 22.7. The molecule has 1 amide bonds. The van der Waals surface area contributed by atoms with Crippen LogP contribution in [0.5, 0.6) is 0 Å². The predicted molar refractivity (Wildman–Crippen MR) is 122 cm³/mol. The molecule has 0 aliphatic carbocycles. The van der Waals surface area contributed by atoms with E-state index in [1.54, 1.807) is 7.05 Å². The zero-order chi connectivity index (χ0) is 19.3. The number of amides is 1. The number of aliphatic imine (C=N–C) groups is 1. The fourth-order valence-electron chi connectivity index (χ4n) is 3.98. The molecule has 1 aromatic carbocycles. The highest BCUT2D eigenvalue weighted by atomic mass is 127. The van der Waals surface area contributed by atoms with Gasteiger partial charge in [0.25, 0.3) is 0 Å². The summed E-state index contributed by atoms with van der Waals surface area (Å²) in [5.41, 5.74) is 0.782. The molecule has 28 heavy (non-hydrogen) atoms. The van der Waals surface area contributed by atoms with Gasteiger partial charge in [-0.2, -0.15) is 0 Å². The summed E-state index contributed by atoms with van der Waals surface area (Å²) in [6.07, 6.45) is 2.60. The average molecular weight is 520 g/mol. The van der Waals surface area contributed by atoms with Crippen molar-refractivity contribution in [1.29, 1.82) is 0 Å². The zero-order valence-electron chi connectivity index (χ0n) is 16.2. The third-order valence-electron chi connectivity index (χ3n) is 5.29. The van der Waals surface area contributed by atoms with E-state index in [0.717, 1.165) is 31.5 Å². The number of carbonyl (C=O) groups is 1. The van der Waals surface area contributed by atoms with Crippen molar-refractivity contribution in [2.45, 2.75) is 25.0 Å². The van der Waals surface area contributed by atoms with Gasteiger partial charge in [-0.05, 0) is 18.4 Å². The first-order chi connectivity index (χ1) is 12.9. The molecule has 0 aromatic heterocycles. The number of hydrogen-bond acceptors (Lipinski definition) is 4. The van der Waals surface area contributed by atoms with Crippen molar-refractivity contribution in [3.8, 4) is 0 Å². The lowest BCUT2D eigenvalue weighted by Crippen LogP contribution is -2.51. The number of likely N-dealkylation sites (tertiary alicyclic amines) is 1. The van der Waals surface area contributed by atoms with Gasteiger partial charge in [0.05, 0.1) is 11.5 Å². The Morgan fingerprint density at radius 3 is 2.71 bits per heavy atom. The average Bonchev–Trinajstić information content (AvgIpc) is 2.99. The molecule has 1 unspecified atom stereocenters. The molecule has 2 N–H and O–H groups in total. The maximum atomic E-state index is 12.3. The second-order valence-electron chi connectivity index (χ2n) is 7.53. The van der Waals surface area contributed by atoms with Gasteiger partial charge in [0.2, 0.25) is 5.91 Å². The first kappa shape index (κ1) is 22.9. The van der Waals surface area contributed by atoms with E-state index < -0.39 is 9.84 Å². The van der Waals surface area contributed by atoms with Gasteiger partial charge in [-0.25, -0.2) is 8.42 Å². The third kappa shape index (κ3) is 6.07. The summed E-state index contributed by atoms with van der Waals surface area (Å²) in [5, 5.41) is 6.13. The van der Waals surface area contributed by atoms with Crippen LogP contribution in [0.25, 0.3) is 0 Å². The second-order valence-corrected chi connectivity index (χ2v) is 9.71. The van der Waals surface area contributed by atoms with Crippen molar-refractivity contribution in [3.05, 3.63) is 35.9 Å². The molecule has 0 radical (unpaired) electrons. The molecule has 2 aliphatic heterocycles. The molecule has 1 atom stereocenters. The highest BCUT2D eigenvalue weighted by Gasteiger charge is 2.42. The SMILES string of the molecule is CN=C(NCCS(=O)(=O)Cc1ccccc1)N1CCCC2(CNC(=O)C2)C1.I. The van der Waals surface area contributed by atoms with Crippen molar-refractivity contribution in [1.82, 2.24) is 15.5 Å². The van der Waals surface area contributed by atoms with E-state index in [-0.39, 0.29) is 46.8 Å². The molecule has 2 saturated heterocycles. The summed E-state index contributed by atoms with van der Waals surface area (Å²) in [4.78, 5) is 18.1. The lowest BCUT2D eigenvalue weighted by Gasteiger charge is -2.40. The Morgan fingerprint density at radius 2 is 2.07 bits per heavy atom. The Bertz CT molecular complexity index is 801. The van der Waals surface area contributed by atoms with E-state index in [2.05, 4.69) is 20.5 Å². The number of rotatable bonds is 5. The Balaban J connectivity index is 0.00000280. The first-order valence-electron chi connectivity index (χ1n) is 9.38. The quantitative estimate of drug-likeness (QED) is 0.348. The van der Waals surface area contributed by atoms with Crippen LogP contribution in [-0.2, 0) is 20.4 Å². The smallest absolute Gasteiger partial charge is 0.220 e. The topological polar surface area (TPSA) is 90.9 Å². The standard InChI is InChI=1S/C19H28N4O3S.HI/c1-20-18(23-10-5-8-19(15-23)12-17(24)22-14-19)21-9-11-27(25,26)13-16-6-3-2-4-7-16;/h2-4,6-7H,5,8-15H2,1H3,(H,20,21)(H,22,24);1H. The molecular weight excluding hydrogens is 491 g/mol. The molecule has 0 bridgehead atoms. The summed E-state index contributed by atoms with van der Waals surface area (Å²) in [6.45, 7) is 2.67. The van der Waals surface area contributed by atoms with E-state index in [1.807, 2.05) is 30.3 Å². The van der Waals surface area contributed by atoms with Crippen molar-refractivity contribution >= 4 is 45.7 Å². The van der Waals surface area contributed by atoms with Crippen LogP contribution in [0.1, 0.15) is 24.8 Å². The molecule has 1 spiro atoms. The molecule has 2 heterocycles. The van der Waals surface area contributed by atoms with Gasteiger partial charge in [0.1, 0.15) is 0 Å². The van der Waals surface area contributed by atoms with Crippen molar-refractivity contribution < 1.29 is 13.2 Å². The maximum Gasteiger partial charge on any atom is 0.220 e. The number of nitrogens with zero attached hydrogens (tertiary/aromatic N) is 2. The molecule has 2 fully saturated rings. The number of piperidine rings is 1. The minimum absolute atomic E-state index is 0. The summed E-state index contributed by atoms with van der Waals surface area (Å²) in [5.74, 6) is 0.935. The van der Waals surface area contributed by atoms with Crippen LogP contribution >= 0.6 is 24.0 Å². The van der Waals surface area contributed by atoms with Crippen LogP contribution in [0.4, 0.5) is 0 Å². The number of nitrogens with one attached hydrogen (secondary N) is 2. The fraction of sp³-hybridized carbons (Fsp3) is 0.579. The molecular formula is C19H29IN4O3S. The Hall–Kier alpha value is -1.36. The molecule has 2 aliphatic rings. The van der Waals surface area contributed by atoms with E-state index in [9.17, 15) is 13.2 Å². The minimum Gasteiger partial charge on any atom is -0.355 e. The maximum absolute atomic E-state index is 12.3. The summed E-state index contributed by atoms with van der Waals surface area (Å²) < 4.78 is 24.7. The lowest BCUT2D eigenvalue weighted by molar-refractivity contribution is -0.119. The number of sulfone groups is 1. The monoisotopic (exact) mass is 520 g/mol. The van der Waals surface area contributed by atoms with Gasteiger partial charge in [-0.15, -0.1) is 24.0 Å². The molecule has 156 valence electrons. The number of benzene rings is 1. The number of carbonyl (C=O) groups excluding carboxylic acids is 1. The summed E-state index contributed by atoms with van der Waals surface area (Å²) in [6, 6.07) is 9.22. The molecule has 1 aromatic rings. The van der Waals surface area contributed by atoms with Crippen LogP contribution in [0, 0.1) is 5.41 Å². The van der Waals surface area contributed by atoms with Crippen molar-refractivity contribution in [2.75, 3.05) is 39.0 Å². The Labute approximate surface area is 184 Å². The van der Waals surface area contributed by atoms with Crippen molar-refractivity contribution in [2.24, 2.45) is 10.4 Å². The first-order valence-corrected chi connectivity index (χ1v) is 11.2. The highest BCUT2D eigenvalue weighted by Crippen LogP contribution is 2.35. The molecule has 3 rings (SSSR count). The van der Waals surface area contributed by atoms with Crippen LogP contribution in [-0.4, -0.2) is 64.2 Å². The largest absolute Gasteiger partial charge is 0.355 e. The van der Waals surface area contributed by atoms with Crippen LogP contribution in [0.3, 0.4) is 0 Å². The van der Waals surface area contributed by atoms with Gasteiger partial charge in [0, 0.05) is 45.1 Å². The number of guanidine groups is 1. The van der Waals surface area contributed by atoms with E-state index in [0.29, 0.717) is 25.5 Å². The van der Waals surface area contributed by atoms with E-state index >= 15 is 0 Å². The van der Waals surface area contributed by atoms with E-state index in [1.165, 1.54) is 0 Å². The van der Waals surface area contributed by atoms with Crippen LogP contribution in [0.15, 0.2) is 35.3 Å². The van der Waals surface area contributed by atoms with Gasteiger partial charge < -0.3 is 15.5 Å². The number of hydrogen-bond donors (Lipinski definition) is 2. The fourth-order valence-corrected chi connectivity index (χ4v) is 5.24. The second kappa shape index (κ2) is 9.91. The zero-order valence-corrected chi connectivity index (χ0v) is 19.3. The van der Waals surface area contributed by atoms with E-state index in [4.69, 9.17) is 0 Å². The van der Waals surface area contributed by atoms with Crippen molar-refractivity contribution in [3.63, 3.8) is 0 Å². The van der Waals surface area contributed by atoms with Crippen LogP contribution in [0.2, 0.25) is 0 Å².